The Morgan fingerprint density at radius 2 is 1.67 bits per heavy atom. The quantitative estimate of drug-likeness (QED) is 0.602. The van der Waals surface area contributed by atoms with Gasteiger partial charge in [-0.3, -0.25) is 0 Å². The Kier molecular flexibility index (Phi) is 5.39. The van der Waals surface area contributed by atoms with Gasteiger partial charge in [-0.05, 0) is 0 Å². The number of carbonyl (C=O) groups is 2. The zero-order valence-corrected chi connectivity index (χ0v) is 15.3. The van der Waals surface area contributed by atoms with Crippen molar-refractivity contribution in [1.29, 1.82) is 0 Å². The Morgan fingerprint density at radius 1 is 1.14 bits per heavy atom. The van der Waals surface area contributed by atoms with Crippen molar-refractivity contribution in [3.8, 4) is 0 Å². The van der Waals surface area contributed by atoms with Gasteiger partial charge in [0.15, 0.2) is 0 Å². The summed E-state index contributed by atoms with van der Waals surface area (Å²) >= 11 is -3.14. The van der Waals surface area contributed by atoms with Crippen molar-refractivity contribution in [3.05, 3.63) is 46.9 Å². The molecule has 0 saturated carbocycles. The van der Waals surface area contributed by atoms with Crippen LogP contribution >= 0.6 is 0 Å². The zero-order chi connectivity index (χ0) is 16.3. The van der Waals surface area contributed by atoms with Crippen molar-refractivity contribution in [2.24, 2.45) is 0 Å². The second-order valence-corrected chi connectivity index (χ2v) is 13.9. The summed E-state index contributed by atoms with van der Waals surface area (Å²) in [5, 5.41) is 0. The molecule has 0 heterocycles. The molecule has 21 heavy (non-hydrogen) atoms. The Hall–Kier alpha value is -1.56. The Labute approximate surface area is 128 Å². The van der Waals surface area contributed by atoms with E-state index < -0.39 is 19.2 Å². The molecule has 0 saturated heterocycles. The summed E-state index contributed by atoms with van der Waals surface area (Å²) in [6, 6.07) is 8.83. The molecule has 1 aromatic carbocycles. The first-order valence-electron chi connectivity index (χ1n) is 6.74. The van der Waals surface area contributed by atoms with E-state index in [1.807, 2.05) is 17.6 Å². The molecule has 0 radical (unpaired) electrons. The normalized spacial score (nSPS) is 11.7. The molecule has 1 rings (SSSR count). The van der Waals surface area contributed by atoms with E-state index in [9.17, 15) is 9.59 Å². The third-order valence-electron chi connectivity index (χ3n) is 3.21. The van der Waals surface area contributed by atoms with Gasteiger partial charge in [0.05, 0.1) is 0 Å². The standard InChI is InChI=1S/C16H22GeO4/c1-12(16(3,4)20-13(2)18)17(5,6)21-15(19)14-10-8-7-9-11-14/h7-11H,1H2,2-6H3. The van der Waals surface area contributed by atoms with Crippen LogP contribution in [0.5, 0.6) is 0 Å². The molecule has 0 aliphatic carbocycles. The van der Waals surface area contributed by atoms with E-state index in [4.69, 9.17) is 8.50 Å². The SMILES string of the molecule is C=[C](C(C)(C)OC(C)=O)[Ge]([CH3])([CH3])[O]C(=O)c1ccccc1. The third kappa shape index (κ3) is 4.74. The van der Waals surface area contributed by atoms with E-state index in [-0.39, 0.29) is 11.9 Å². The molecule has 0 amide bonds. The molecule has 0 atom stereocenters. The summed E-state index contributed by atoms with van der Waals surface area (Å²) in [4.78, 5) is 23.4. The monoisotopic (exact) mass is 352 g/mol. The van der Waals surface area contributed by atoms with Crippen molar-refractivity contribution >= 4 is 25.5 Å². The maximum absolute atomic E-state index is 12.2. The van der Waals surface area contributed by atoms with E-state index in [1.165, 1.54) is 6.92 Å². The minimum atomic E-state index is -3.14. The molecular weight excluding hydrogens is 329 g/mol. The molecule has 1 aromatic rings. The van der Waals surface area contributed by atoms with Crippen LogP contribution in [-0.4, -0.2) is 31.1 Å². The van der Waals surface area contributed by atoms with Crippen LogP contribution in [0.4, 0.5) is 0 Å². The summed E-state index contributed by atoms with van der Waals surface area (Å²) in [5.41, 5.74) is -0.332. The average molecular weight is 351 g/mol. The predicted molar refractivity (Wildman–Crippen MR) is 84.3 cm³/mol. The zero-order valence-electron chi connectivity index (χ0n) is 13.2. The van der Waals surface area contributed by atoms with Crippen LogP contribution in [0.25, 0.3) is 0 Å². The fraction of sp³-hybridized carbons (Fsp3) is 0.375. The van der Waals surface area contributed by atoms with Crippen LogP contribution in [0, 0.1) is 0 Å². The topological polar surface area (TPSA) is 52.6 Å². The van der Waals surface area contributed by atoms with Gasteiger partial charge in [-0.1, -0.05) is 0 Å². The first kappa shape index (κ1) is 17.5. The van der Waals surface area contributed by atoms with Gasteiger partial charge in [-0.25, -0.2) is 0 Å². The number of benzene rings is 1. The molecule has 0 N–H and O–H groups in total. The maximum atomic E-state index is 12.2. The summed E-state index contributed by atoms with van der Waals surface area (Å²) in [6.45, 7) is 8.91. The van der Waals surface area contributed by atoms with Crippen LogP contribution in [0.2, 0.25) is 11.5 Å². The van der Waals surface area contributed by atoms with Gasteiger partial charge >= 0.3 is 128 Å². The van der Waals surface area contributed by atoms with Crippen molar-refractivity contribution < 1.29 is 18.1 Å². The number of esters is 1. The van der Waals surface area contributed by atoms with E-state index in [1.54, 1.807) is 38.1 Å². The van der Waals surface area contributed by atoms with Gasteiger partial charge in [0.1, 0.15) is 0 Å². The Morgan fingerprint density at radius 3 is 2.14 bits per heavy atom. The second kappa shape index (κ2) is 6.47. The van der Waals surface area contributed by atoms with Gasteiger partial charge in [-0.15, -0.1) is 0 Å². The fourth-order valence-corrected chi connectivity index (χ4v) is 6.70. The van der Waals surface area contributed by atoms with Crippen LogP contribution in [-0.2, 0) is 13.3 Å². The van der Waals surface area contributed by atoms with E-state index in [2.05, 4.69) is 6.58 Å². The first-order valence-corrected chi connectivity index (χ1v) is 12.8. The van der Waals surface area contributed by atoms with Crippen LogP contribution in [0.3, 0.4) is 0 Å². The second-order valence-electron chi connectivity index (χ2n) is 5.85. The van der Waals surface area contributed by atoms with Crippen molar-refractivity contribution in [2.75, 3.05) is 0 Å². The first-order chi connectivity index (χ1) is 9.56. The number of carbonyl (C=O) groups excluding carboxylic acids is 2. The summed E-state index contributed by atoms with van der Waals surface area (Å²) in [6.07, 6.45) is 0. The molecule has 0 spiro atoms. The number of hydrogen-bond donors (Lipinski definition) is 0. The molecule has 0 fully saturated rings. The summed E-state index contributed by atoms with van der Waals surface area (Å²) in [5.74, 6) is 3.08. The average Bonchev–Trinajstić information content (AvgIpc) is 2.36. The Balaban J connectivity index is 2.88. The molecule has 4 nitrogen and oxygen atoms in total. The van der Waals surface area contributed by atoms with Crippen molar-refractivity contribution in [1.82, 2.24) is 0 Å². The molecule has 0 aromatic heterocycles. The molecule has 0 aliphatic heterocycles. The van der Waals surface area contributed by atoms with Gasteiger partial charge in [0.25, 0.3) is 0 Å². The Bertz CT molecular complexity index is 547. The van der Waals surface area contributed by atoms with Gasteiger partial charge in [0, 0.05) is 0 Å². The summed E-state index contributed by atoms with van der Waals surface area (Å²) < 4.78 is 11.7. The van der Waals surface area contributed by atoms with E-state index in [0.717, 1.165) is 0 Å². The molecule has 114 valence electrons. The predicted octanol–water partition coefficient (Wildman–Crippen LogP) is 3.49. The minimum absolute atomic E-state index is 0.361. The fourth-order valence-electron chi connectivity index (χ4n) is 2.07. The van der Waals surface area contributed by atoms with Crippen LogP contribution < -0.4 is 0 Å². The third-order valence-corrected chi connectivity index (χ3v) is 8.98. The van der Waals surface area contributed by atoms with Gasteiger partial charge in [0.2, 0.25) is 0 Å². The van der Waals surface area contributed by atoms with E-state index in [0.29, 0.717) is 9.97 Å². The van der Waals surface area contributed by atoms with Gasteiger partial charge < -0.3 is 0 Å². The molecule has 0 bridgehead atoms. The number of rotatable bonds is 5. The molecule has 0 aliphatic rings. The van der Waals surface area contributed by atoms with Crippen molar-refractivity contribution in [3.63, 3.8) is 0 Å². The van der Waals surface area contributed by atoms with Crippen LogP contribution in [0.15, 0.2) is 41.3 Å². The number of hydrogen-bond acceptors (Lipinski definition) is 4. The molecule has 0 unspecified atom stereocenters. The van der Waals surface area contributed by atoms with Crippen LogP contribution in [0.1, 0.15) is 31.1 Å². The summed E-state index contributed by atoms with van der Waals surface area (Å²) in [7, 11) is 0. The van der Waals surface area contributed by atoms with Gasteiger partial charge in [-0.2, -0.15) is 0 Å². The molecule has 5 heteroatoms. The van der Waals surface area contributed by atoms with Crippen molar-refractivity contribution in [2.45, 2.75) is 37.9 Å². The van der Waals surface area contributed by atoms with E-state index >= 15 is 0 Å². The number of ether oxygens (including phenoxy) is 1. The molecular formula is C16H22GeO4.